The highest BCUT2D eigenvalue weighted by Crippen LogP contribution is 2.39. The van der Waals surface area contributed by atoms with Gasteiger partial charge >= 0.3 is 0 Å². The molecule has 1 fully saturated rings. The van der Waals surface area contributed by atoms with Crippen LogP contribution in [-0.2, 0) is 0 Å². The van der Waals surface area contributed by atoms with Gasteiger partial charge in [0.1, 0.15) is 0 Å². The van der Waals surface area contributed by atoms with Gasteiger partial charge in [-0.2, -0.15) is 0 Å². The van der Waals surface area contributed by atoms with Crippen molar-refractivity contribution in [1.29, 1.82) is 0 Å². The van der Waals surface area contributed by atoms with E-state index in [4.69, 9.17) is 0 Å². The molecule has 1 atom stereocenters. The second-order valence-electron chi connectivity index (χ2n) is 6.46. The quantitative estimate of drug-likeness (QED) is 0.656. The highest BCUT2D eigenvalue weighted by molar-refractivity contribution is 5.59. The maximum absolute atomic E-state index is 10.9. The molecule has 4 nitrogen and oxygen atoms in total. The number of nitrogens with one attached hydrogen (secondary N) is 1. The summed E-state index contributed by atoms with van der Waals surface area (Å²) in [6.07, 6.45) is 3.56. The van der Waals surface area contributed by atoms with E-state index in [0.717, 1.165) is 23.2 Å². The number of hydrogen-bond donors (Lipinski definition) is 1. The van der Waals surface area contributed by atoms with Crippen molar-refractivity contribution in [3.05, 3.63) is 33.4 Å². The first-order chi connectivity index (χ1) is 8.78. The molecule has 1 aliphatic rings. The summed E-state index contributed by atoms with van der Waals surface area (Å²) in [6.45, 7) is 8.31. The molecule has 0 aliphatic heterocycles. The van der Waals surface area contributed by atoms with Crippen LogP contribution in [0, 0.1) is 29.4 Å². The van der Waals surface area contributed by atoms with Crippen molar-refractivity contribution < 1.29 is 4.92 Å². The van der Waals surface area contributed by atoms with Gasteiger partial charge in [0.25, 0.3) is 5.69 Å². The van der Waals surface area contributed by atoms with Crippen molar-refractivity contribution in [2.75, 3.05) is 5.32 Å². The van der Waals surface area contributed by atoms with E-state index in [9.17, 15) is 10.1 Å². The summed E-state index contributed by atoms with van der Waals surface area (Å²) < 4.78 is 0. The van der Waals surface area contributed by atoms with Crippen molar-refractivity contribution in [1.82, 2.24) is 0 Å². The monoisotopic (exact) mass is 262 g/mol. The molecular weight excluding hydrogens is 240 g/mol. The number of benzene rings is 1. The Morgan fingerprint density at radius 2 is 2.00 bits per heavy atom. The summed E-state index contributed by atoms with van der Waals surface area (Å²) in [7, 11) is 0. The summed E-state index contributed by atoms with van der Waals surface area (Å²) in [5.74, 6) is 0. The maximum atomic E-state index is 10.9. The van der Waals surface area contributed by atoms with Crippen LogP contribution in [0.1, 0.15) is 44.2 Å². The molecule has 0 bridgehead atoms. The van der Waals surface area contributed by atoms with Crippen molar-refractivity contribution in [2.24, 2.45) is 5.41 Å². The molecule has 1 saturated carbocycles. The zero-order valence-corrected chi connectivity index (χ0v) is 12.1. The van der Waals surface area contributed by atoms with Crippen LogP contribution in [0.5, 0.6) is 0 Å². The van der Waals surface area contributed by atoms with Crippen LogP contribution in [-0.4, -0.2) is 11.0 Å². The largest absolute Gasteiger partial charge is 0.382 e. The van der Waals surface area contributed by atoms with E-state index in [1.807, 2.05) is 13.0 Å². The molecule has 0 spiro atoms. The summed E-state index contributed by atoms with van der Waals surface area (Å²) in [5.41, 5.74) is 3.31. The van der Waals surface area contributed by atoms with Crippen LogP contribution in [0.3, 0.4) is 0 Å². The van der Waals surface area contributed by atoms with Gasteiger partial charge < -0.3 is 5.32 Å². The Kier molecular flexibility index (Phi) is 3.52. The first-order valence-electron chi connectivity index (χ1n) is 6.81. The summed E-state index contributed by atoms with van der Waals surface area (Å²) in [5, 5.41) is 14.4. The van der Waals surface area contributed by atoms with Gasteiger partial charge in [0.05, 0.1) is 4.92 Å². The average molecular weight is 262 g/mol. The van der Waals surface area contributed by atoms with E-state index in [1.165, 1.54) is 12.8 Å². The third-order valence-corrected chi connectivity index (χ3v) is 4.07. The van der Waals surface area contributed by atoms with E-state index in [2.05, 4.69) is 19.2 Å². The minimum Gasteiger partial charge on any atom is -0.382 e. The number of nitro groups is 1. The number of nitrogens with zero attached hydrogens (tertiary/aromatic N) is 1. The van der Waals surface area contributed by atoms with Crippen molar-refractivity contribution in [2.45, 2.75) is 53.0 Å². The Bertz CT molecular complexity index is 509. The number of hydrogen-bond acceptors (Lipinski definition) is 3. The van der Waals surface area contributed by atoms with Gasteiger partial charge in [-0.1, -0.05) is 13.8 Å². The van der Waals surface area contributed by atoms with E-state index >= 15 is 0 Å². The minimum absolute atomic E-state index is 0.204. The molecule has 0 aromatic heterocycles. The lowest BCUT2D eigenvalue weighted by atomic mass is 9.92. The Morgan fingerprint density at radius 1 is 1.32 bits per heavy atom. The zero-order chi connectivity index (χ0) is 14.2. The predicted molar refractivity (Wildman–Crippen MR) is 77.6 cm³/mol. The first kappa shape index (κ1) is 13.8. The lowest BCUT2D eigenvalue weighted by molar-refractivity contribution is -0.385. The molecule has 1 aliphatic carbocycles. The van der Waals surface area contributed by atoms with Gasteiger partial charge in [-0.3, -0.25) is 10.1 Å². The molecule has 0 heterocycles. The first-order valence-corrected chi connectivity index (χ1v) is 6.81. The topological polar surface area (TPSA) is 55.2 Å². The Morgan fingerprint density at radius 3 is 2.53 bits per heavy atom. The predicted octanol–water partition coefficient (Wildman–Crippen LogP) is 4.20. The lowest BCUT2D eigenvalue weighted by Crippen LogP contribution is -2.18. The Hall–Kier alpha value is -1.58. The Labute approximate surface area is 114 Å². The molecule has 0 saturated heterocycles. The average Bonchev–Trinajstić information content (AvgIpc) is 2.62. The maximum Gasteiger partial charge on any atom is 0.272 e. The van der Waals surface area contributed by atoms with Crippen molar-refractivity contribution in [3.8, 4) is 0 Å². The highest BCUT2D eigenvalue weighted by atomic mass is 16.6. The fourth-order valence-corrected chi connectivity index (χ4v) is 2.93. The Balaban J connectivity index is 2.18. The summed E-state index contributed by atoms with van der Waals surface area (Å²) >= 11 is 0. The van der Waals surface area contributed by atoms with Gasteiger partial charge in [0, 0.05) is 23.4 Å². The van der Waals surface area contributed by atoms with Crippen LogP contribution in [0.15, 0.2) is 12.1 Å². The molecule has 1 aromatic rings. The van der Waals surface area contributed by atoms with Gasteiger partial charge in [0.15, 0.2) is 0 Å². The minimum atomic E-state index is -0.315. The molecule has 0 amide bonds. The van der Waals surface area contributed by atoms with E-state index in [0.29, 0.717) is 11.5 Å². The molecule has 1 aromatic carbocycles. The molecule has 4 heteroatoms. The van der Waals surface area contributed by atoms with Gasteiger partial charge in [-0.25, -0.2) is 0 Å². The molecule has 1 unspecified atom stereocenters. The van der Waals surface area contributed by atoms with Crippen LogP contribution in [0.25, 0.3) is 0 Å². The van der Waals surface area contributed by atoms with Gasteiger partial charge in [-0.05, 0) is 50.2 Å². The van der Waals surface area contributed by atoms with Gasteiger partial charge in [-0.15, -0.1) is 0 Å². The van der Waals surface area contributed by atoms with Crippen LogP contribution < -0.4 is 5.32 Å². The number of aryl methyl sites for hydroxylation is 2. The van der Waals surface area contributed by atoms with E-state index < -0.39 is 0 Å². The van der Waals surface area contributed by atoms with E-state index in [-0.39, 0.29) is 10.6 Å². The molecule has 19 heavy (non-hydrogen) atoms. The smallest absolute Gasteiger partial charge is 0.272 e. The number of rotatable bonds is 3. The second-order valence-corrected chi connectivity index (χ2v) is 6.46. The third-order valence-electron chi connectivity index (χ3n) is 4.07. The fourth-order valence-electron chi connectivity index (χ4n) is 2.93. The standard InChI is InChI=1S/C15H22N2O2/c1-10-8-14(17(18)19)11(2)7-13(10)16-12-5-6-15(3,4)9-12/h7-8,12,16H,5-6,9H2,1-4H3. The summed E-state index contributed by atoms with van der Waals surface area (Å²) in [6, 6.07) is 4.05. The van der Waals surface area contributed by atoms with E-state index in [1.54, 1.807) is 13.0 Å². The fraction of sp³-hybridized carbons (Fsp3) is 0.600. The van der Waals surface area contributed by atoms with Crippen LogP contribution in [0.4, 0.5) is 11.4 Å². The molecule has 1 N–H and O–H groups in total. The van der Waals surface area contributed by atoms with Crippen LogP contribution >= 0.6 is 0 Å². The normalized spacial score (nSPS) is 21.4. The highest BCUT2D eigenvalue weighted by Gasteiger charge is 2.31. The molecule has 104 valence electrons. The second kappa shape index (κ2) is 4.83. The molecule has 0 radical (unpaired) electrons. The number of anilines is 1. The summed E-state index contributed by atoms with van der Waals surface area (Å²) in [4.78, 5) is 10.6. The van der Waals surface area contributed by atoms with Crippen LogP contribution in [0.2, 0.25) is 0 Å². The van der Waals surface area contributed by atoms with Crippen molar-refractivity contribution >= 4 is 11.4 Å². The number of nitro benzene ring substituents is 1. The van der Waals surface area contributed by atoms with Gasteiger partial charge in [0.2, 0.25) is 0 Å². The molecular formula is C15H22N2O2. The molecule has 2 rings (SSSR count). The SMILES string of the molecule is Cc1cc([N+](=O)[O-])c(C)cc1NC1CCC(C)(C)C1. The van der Waals surface area contributed by atoms with Crippen molar-refractivity contribution in [3.63, 3.8) is 0 Å². The zero-order valence-electron chi connectivity index (χ0n) is 12.1. The third kappa shape index (κ3) is 3.06. The lowest BCUT2D eigenvalue weighted by Gasteiger charge is -2.20.